The molecule has 1 atom stereocenters. The van der Waals surface area contributed by atoms with E-state index < -0.39 is 6.10 Å². The monoisotopic (exact) mass is 363 g/mol. The number of nitrogens with one attached hydrogen (secondary N) is 1. The Morgan fingerprint density at radius 2 is 1.81 bits per heavy atom. The topological polar surface area (TPSA) is 56.2 Å². The number of amides is 1. The SMILES string of the molecule is Cc1ccc(Cn2nccc2NC(=O)[C@@H](C)Oc2ccc(C)c(C)c2)cc1. The fraction of sp³-hybridized carbons (Fsp3) is 0.273. The van der Waals surface area contributed by atoms with Crippen LogP contribution in [-0.4, -0.2) is 21.8 Å². The van der Waals surface area contributed by atoms with Crippen LogP contribution in [0, 0.1) is 20.8 Å². The zero-order valence-electron chi connectivity index (χ0n) is 16.2. The van der Waals surface area contributed by atoms with Crippen LogP contribution in [0.4, 0.5) is 5.82 Å². The van der Waals surface area contributed by atoms with Crippen molar-refractivity contribution < 1.29 is 9.53 Å². The molecule has 5 nitrogen and oxygen atoms in total. The van der Waals surface area contributed by atoms with Gasteiger partial charge in [-0.15, -0.1) is 0 Å². The van der Waals surface area contributed by atoms with Crippen molar-refractivity contribution in [1.29, 1.82) is 0 Å². The standard InChI is InChI=1S/C22H25N3O2/c1-15-5-8-19(9-6-15)14-25-21(11-12-23-25)24-22(26)18(4)27-20-10-7-16(2)17(3)13-20/h5-13,18H,14H2,1-4H3,(H,24,26)/t18-/m1/s1. The van der Waals surface area contributed by atoms with Gasteiger partial charge in [-0.3, -0.25) is 4.79 Å². The van der Waals surface area contributed by atoms with Crippen LogP contribution in [0.5, 0.6) is 5.75 Å². The molecule has 1 aromatic heterocycles. The molecule has 0 aliphatic carbocycles. The predicted octanol–water partition coefficient (Wildman–Crippen LogP) is 4.26. The molecule has 3 rings (SSSR count). The maximum Gasteiger partial charge on any atom is 0.266 e. The van der Waals surface area contributed by atoms with Gasteiger partial charge in [0.1, 0.15) is 11.6 Å². The Morgan fingerprint density at radius 1 is 1.07 bits per heavy atom. The summed E-state index contributed by atoms with van der Waals surface area (Å²) in [5.74, 6) is 1.13. The fourth-order valence-electron chi connectivity index (χ4n) is 2.70. The second-order valence-electron chi connectivity index (χ2n) is 6.86. The molecule has 0 unspecified atom stereocenters. The number of rotatable bonds is 6. The van der Waals surface area contributed by atoms with Crippen molar-refractivity contribution in [3.63, 3.8) is 0 Å². The zero-order valence-corrected chi connectivity index (χ0v) is 16.2. The molecule has 0 aliphatic heterocycles. The highest BCUT2D eigenvalue weighted by Crippen LogP contribution is 2.18. The summed E-state index contributed by atoms with van der Waals surface area (Å²) >= 11 is 0. The van der Waals surface area contributed by atoms with Gasteiger partial charge in [0.15, 0.2) is 6.10 Å². The van der Waals surface area contributed by atoms with Gasteiger partial charge in [-0.2, -0.15) is 5.10 Å². The number of aryl methyl sites for hydroxylation is 3. The van der Waals surface area contributed by atoms with Gasteiger partial charge in [-0.05, 0) is 56.5 Å². The van der Waals surface area contributed by atoms with E-state index in [9.17, 15) is 4.79 Å². The molecule has 0 fully saturated rings. The molecular weight excluding hydrogens is 338 g/mol. The maximum absolute atomic E-state index is 12.5. The first-order chi connectivity index (χ1) is 12.9. The normalized spacial score (nSPS) is 11.9. The van der Waals surface area contributed by atoms with E-state index in [1.165, 1.54) is 11.1 Å². The summed E-state index contributed by atoms with van der Waals surface area (Å²) in [7, 11) is 0. The van der Waals surface area contributed by atoms with Crippen LogP contribution in [0.2, 0.25) is 0 Å². The number of benzene rings is 2. The van der Waals surface area contributed by atoms with Crippen molar-refractivity contribution in [1.82, 2.24) is 9.78 Å². The lowest BCUT2D eigenvalue weighted by atomic mass is 10.1. The molecule has 0 saturated carbocycles. The van der Waals surface area contributed by atoms with Gasteiger partial charge < -0.3 is 10.1 Å². The molecule has 3 aromatic rings. The molecule has 0 saturated heterocycles. The number of ether oxygens (including phenoxy) is 1. The van der Waals surface area contributed by atoms with E-state index in [2.05, 4.69) is 41.6 Å². The summed E-state index contributed by atoms with van der Waals surface area (Å²) < 4.78 is 7.56. The smallest absolute Gasteiger partial charge is 0.266 e. The summed E-state index contributed by atoms with van der Waals surface area (Å²) in [4.78, 5) is 12.5. The zero-order chi connectivity index (χ0) is 19.4. The number of hydrogen-bond donors (Lipinski definition) is 1. The van der Waals surface area contributed by atoms with E-state index in [-0.39, 0.29) is 5.91 Å². The van der Waals surface area contributed by atoms with Crippen molar-refractivity contribution in [3.8, 4) is 5.75 Å². The number of hydrogen-bond acceptors (Lipinski definition) is 3. The summed E-state index contributed by atoms with van der Waals surface area (Å²) in [5.41, 5.74) is 4.67. The Morgan fingerprint density at radius 3 is 2.52 bits per heavy atom. The molecule has 0 aliphatic rings. The van der Waals surface area contributed by atoms with Gasteiger partial charge in [0, 0.05) is 6.07 Å². The lowest BCUT2D eigenvalue weighted by molar-refractivity contribution is -0.122. The van der Waals surface area contributed by atoms with Crippen molar-refractivity contribution >= 4 is 11.7 Å². The lowest BCUT2D eigenvalue weighted by Crippen LogP contribution is -2.31. The average molecular weight is 363 g/mol. The van der Waals surface area contributed by atoms with Gasteiger partial charge in [-0.25, -0.2) is 4.68 Å². The number of nitrogens with zero attached hydrogens (tertiary/aromatic N) is 2. The van der Waals surface area contributed by atoms with E-state index in [1.807, 2.05) is 32.0 Å². The molecule has 140 valence electrons. The van der Waals surface area contributed by atoms with E-state index in [1.54, 1.807) is 23.9 Å². The molecule has 1 N–H and O–H groups in total. The molecule has 5 heteroatoms. The Hall–Kier alpha value is -3.08. The maximum atomic E-state index is 12.5. The van der Waals surface area contributed by atoms with E-state index in [4.69, 9.17) is 4.74 Å². The Labute approximate surface area is 160 Å². The summed E-state index contributed by atoms with van der Waals surface area (Å²) in [6.45, 7) is 8.46. The van der Waals surface area contributed by atoms with E-state index >= 15 is 0 Å². The number of aromatic nitrogens is 2. The first-order valence-corrected chi connectivity index (χ1v) is 9.04. The molecule has 1 heterocycles. The van der Waals surface area contributed by atoms with Gasteiger partial charge in [0.2, 0.25) is 0 Å². The van der Waals surface area contributed by atoms with Gasteiger partial charge >= 0.3 is 0 Å². The third-order valence-electron chi connectivity index (χ3n) is 4.58. The minimum Gasteiger partial charge on any atom is -0.481 e. The van der Waals surface area contributed by atoms with Crippen molar-refractivity contribution in [3.05, 3.63) is 77.0 Å². The van der Waals surface area contributed by atoms with Crippen LogP contribution < -0.4 is 10.1 Å². The second kappa shape index (κ2) is 8.08. The summed E-state index contributed by atoms with van der Waals surface area (Å²) in [6, 6.07) is 15.9. The van der Waals surface area contributed by atoms with E-state index in [0.717, 1.165) is 11.1 Å². The largest absolute Gasteiger partial charge is 0.481 e. The van der Waals surface area contributed by atoms with Crippen LogP contribution in [-0.2, 0) is 11.3 Å². The number of anilines is 1. The van der Waals surface area contributed by atoms with Gasteiger partial charge in [0.05, 0.1) is 12.7 Å². The first kappa shape index (κ1) is 18.7. The Kier molecular flexibility index (Phi) is 5.60. The summed E-state index contributed by atoms with van der Waals surface area (Å²) in [6.07, 6.45) is 1.06. The highest BCUT2D eigenvalue weighted by atomic mass is 16.5. The van der Waals surface area contributed by atoms with Crippen LogP contribution in [0.25, 0.3) is 0 Å². The lowest BCUT2D eigenvalue weighted by Gasteiger charge is -2.16. The van der Waals surface area contributed by atoms with Crippen LogP contribution >= 0.6 is 0 Å². The Balaban J connectivity index is 1.64. The van der Waals surface area contributed by atoms with Gasteiger partial charge in [-0.1, -0.05) is 35.9 Å². The molecule has 0 radical (unpaired) electrons. The third kappa shape index (κ3) is 4.76. The number of carbonyl (C=O) groups excluding carboxylic acids is 1. The quantitative estimate of drug-likeness (QED) is 0.712. The van der Waals surface area contributed by atoms with Crippen LogP contribution in [0.1, 0.15) is 29.2 Å². The molecule has 2 aromatic carbocycles. The minimum absolute atomic E-state index is 0.209. The average Bonchev–Trinajstić information content (AvgIpc) is 3.07. The predicted molar refractivity (Wildman–Crippen MR) is 107 cm³/mol. The molecular formula is C22H25N3O2. The second-order valence-corrected chi connectivity index (χ2v) is 6.86. The first-order valence-electron chi connectivity index (χ1n) is 9.04. The van der Waals surface area contributed by atoms with Crippen molar-refractivity contribution in [2.45, 2.75) is 40.3 Å². The third-order valence-corrected chi connectivity index (χ3v) is 4.58. The highest BCUT2D eigenvalue weighted by molar-refractivity contribution is 5.93. The van der Waals surface area contributed by atoms with Gasteiger partial charge in [0.25, 0.3) is 5.91 Å². The Bertz CT molecular complexity index is 929. The molecule has 0 spiro atoms. The van der Waals surface area contributed by atoms with Crippen LogP contribution in [0.3, 0.4) is 0 Å². The van der Waals surface area contributed by atoms with E-state index in [0.29, 0.717) is 18.1 Å². The van der Waals surface area contributed by atoms with Crippen molar-refractivity contribution in [2.24, 2.45) is 0 Å². The highest BCUT2D eigenvalue weighted by Gasteiger charge is 2.17. The van der Waals surface area contributed by atoms with Crippen molar-refractivity contribution in [2.75, 3.05) is 5.32 Å². The molecule has 27 heavy (non-hydrogen) atoms. The molecule has 0 bridgehead atoms. The van der Waals surface area contributed by atoms with Crippen LogP contribution in [0.15, 0.2) is 54.7 Å². The number of carbonyl (C=O) groups is 1. The summed E-state index contributed by atoms with van der Waals surface area (Å²) in [5, 5.41) is 7.22. The molecule has 1 amide bonds. The minimum atomic E-state index is -0.616. The fourth-order valence-corrected chi connectivity index (χ4v) is 2.70.